The molecule has 1 fully saturated rings. The van der Waals surface area contributed by atoms with Gasteiger partial charge in [-0.1, -0.05) is 19.0 Å². The SMILES string of the molecule is CCN(CC)C1CCN(CCC(N)=NO)C1. The molecule has 0 saturated carbocycles. The number of likely N-dealkylation sites (tertiary alicyclic amines) is 1. The molecule has 0 bridgehead atoms. The Morgan fingerprint density at radius 2 is 2.19 bits per heavy atom. The van der Waals surface area contributed by atoms with Crippen LogP contribution in [0.2, 0.25) is 0 Å². The molecule has 16 heavy (non-hydrogen) atoms. The first-order valence-corrected chi connectivity index (χ1v) is 6.14. The normalized spacial score (nSPS) is 23.2. The van der Waals surface area contributed by atoms with Crippen LogP contribution in [0.3, 0.4) is 0 Å². The summed E-state index contributed by atoms with van der Waals surface area (Å²) in [6.45, 7) is 9.80. The summed E-state index contributed by atoms with van der Waals surface area (Å²) in [5.41, 5.74) is 5.46. The van der Waals surface area contributed by atoms with Crippen molar-refractivity contribution >= 4 is 5.84 Å². The van der Waals surface area contributed by atoms with Crippen LogP contribution in [0.25, 0.3) is 0 Å². The molecule has 0 aromatic heterocycles. The predicted molar refractivity (Wildman–Crippen MR) is 65.8 cm³/mol. The van der Waals surface area contributed by atoms with Gasteiger partial charge in [0.05, 0.1) is 0 Å². The number of oxime groups is 1. The van der Waals surface area contributed by atoms with Gasteiger partial charge in [-0.2, -0.15) is 0 Å². The Morgan fingerprint density at radius 1 is 1.50 bits per heavy atom. The number of amidine groups is 1. The average molecular weight is 228 g/mol. The zero-order chi connectivity index (χ0) is 12.0. The minimum Gasteiger partial charge on any atom is -0.409 e. The van der Waals surface area contributed by atoms with Crippen molar-refractivity contribution in [1.29, 1.82) is 0 Å². The molecule has 1 aliphatic rings. The smallest absolute Gasteiger partial charge is 0.140 e. The Morgan fingerprint density at radius 3 is 2.75 bits per heavy atom. The van der Waals surface area contributed by atoms with Gasteiger partial charge in [0.1, 0.15) is 5.84 Å². The highest BCUT2D eigenvalue weighted by molar-refractivity contribution is 5.79. The summed E-state index contributed by atoms with van der Waals surface area (Å²) in [5, 5.41) is 11.5. The van der Waals surface area contributed by atoms with E-state index in [9.17, 15) is 0 Å². The number of nitrogens with two attached hydrogens (primary N) is 1. The highest BCUT2D eigenvalue weighted by Crippen LogP contribution is 2.15. The van der Waals surface area contributed by atoms with Gasteiger partial charge in [-0.25, -0.2) is 0 Å². The van der Waals surface area contributed by atoms with Crippen LogP contribution in [-0.4, -0.2) is 59.6 Å². The maximum atomic E-state index is 8.46. The van der Waals surface area contributed by atoms with Gasteiger partial charge in [-0.05, 0) is 26.1 Å². The molecule has 0 amide bonds. The third-order valence-electron chi connectivity index (χ3n) is 3.39. The van der Waals surface area contributed by atoms with Crippen molar-refractivity contribution in [2.75, 3.05) is 32.7 Å². The van der Waals surface area contributed by atoms with E-state index in [4.69, 9.17) is 10.9 Å². The van der Waals surface area contributed by atoms with E-state index in [1.54, 1.807) is 0 Å². The lowest BCUT2D eigenvalue weighted by Gasteiger charge is -2.26. The van der Waals surface area contributed by atoms with Crippen molar-refractivity contribution in [2.45, 2.75) is 32.7 Å². The lowest BCUT2D eigenvalue weighted by molar-refractivity contribution is 0.212. The summed E-state index contributed by atoms with van der Waals surface area (Å²) in [7, 11) is 0. The second-order valence-corrected chi connectivity index (χ2v) is 4.31. The van der Waals surface area contributed by atoms with E-state index in [0.717, 1.165) is 32.7 Å². The number of hydrogen-bond donors (Lipinski definition) is 2. The Balaban J connectivity index is 2.29. The minimum atomic E-state index is 0.325. The molecule has 0 aliphatic carbocycles. The number of likely N-dealkylation sites (N-methyl/N-ethyl adjacent to an activating group) is 1. The van der Waals surface area contributed by atoms with Crippen LogP contribution >= 0.6 is 0 Å². The fourth-order valence-electron chi connectivity index (χ4n) is 2.38. The molecule has 94 valence electrons. The van der Waals surface area contributed by atoms with Crippen molar-refractivity contribution in [3.8, 4) is 0 Å². The number of nitrogens with zero attached hydrogens (tertiary/aromatic N) is 3. The van der Waals surface area contributed by atoms with Crippen LogP contribution in [0.4, 0.5) is 0 Å². The second kappa shape index (κ2) is 6.70. The minimum absolute atomic E-state index is 0.325. The second-order valence-electron chi connectivity index (χ2n) is 4.31. The van der Waals surface area contributed by atoms with Crippen LogP contribution in [0.1, 0.15) is 26.7 Å². The van der Waals surface area contributed by atoms with Gasteiger partial charge in [-0.15, -0.1) is 0 Å². The molecule has 1 aliphatic heterocycles. The predicted octanol–water partition coefficient (Wildman–Crippen LogP) is 0.539. The summed E-state index contributed by atoms with van der Waals surface area (Å²) in [6, 6.07) is 0.683. The maximum absolute atomic E-state index is 8.46. The van der Waals surface area contributed by atoms with Crippen LogP contribution in [0.5, 0.6) is 0 Å². The van der Waals surface area contributed by atoms with Gasteiger partial charge in [0.2, 0.25) is 0 Å². The highest BCUT2D eigenvalue weighted by Gasteiger charge is 2.25. The van der Waals surface area contributed by atoms with Crippen LogP contribution in [-0.2, 0) is 0 Å². The zero-order valence-electron chi connectivity index (χ0n) is 10.4. The summed E-state index contributed by atoms with van der Waals surface area (Å²) >= 11 is 0. The molecular formula is C11H24N4O. The summed E-state index contributed by atoms with van der Waals surface area (Å²) in [5.74, 6) is 0.325. The molecule has 0 aromatic rings. The summed E-state index contributed by atoms with van der Waals surface area (Å²) in [4.78, 5) is 4.89. The van der Waals surface area contributed by atoms with Gasteiger partial charge in [0, 0.05) is 25.6 Å². The third-order valence-corrected chi connectivity index (χ3v) is 3.39. The fraction of sp³-hybridized carbons (Fsp3) is 0.909. The van der Waals surface area contributed by atoms with Gasteiger partial charge < -0.3 is 15.8 Å². The van der Waals surface area contributed by atoms with Crippen LogP contribution in [0.15, 0.2) is 5.16 Å². The molecular weight excluding hydrogens is 204 g/mol. The van der Waals surface area contributed by atoms with Gasteiger partial charge >= 0.3 is 0 Å². The molecule has 0 radical (unpaired) electrons. The molecule has 0 spiro atoms. The Bertz CT molecular complexity index is 228. The Hall–Kier alpha value is -0.810. The van der Waals surface area contributed by atoms with Gasteiger partial charge in [-0.3, -0.25) is 4.90 Å². The fourth-order valence-corrected chi connectivity index (χ4v) is 2.38. The first-order chi connectivity index (χ1) is 7.71. The molecule has 1 rings (SSSR count). The van der Waals surface area contributed by atoms with E-state index >= 15 is 0 Å². The van der Waals surface area contributed by atoms with E-state index < -0.39 is 0 Å². The Labute approximate surface area is 97.9 Å². The van der Waals surface area contributed by atoms with Crippen LogP contribution in [0, 0.1) is 0 Å². The first kappa shape index (κ1) is 13.3. The summed E-state index contributed by atoms with van der Waals surface area (Å²) in [6.07, 6.45) is 1.89. The van der Waals surface area contributed by atoms with Gasteiger partial charge in [0.15, 0.2) is 0 Å². The monoisotopic (exact) mass is 228 g/mol. The van der Waals surface area contributed by atoms with E-state index in [-0.39, 0.29) is 0 Å². The topological polar surface area (TPSA) is 65.1 Å². The van der Waals surface area contributed by atoms with Crippen molar-refractivity contribution in [2.24, 2.45) is 10.9 Å². The molecule has 1 unspecified atom stereocenters. The zero-order valence-corrected chi connectivity index (χ0v) is 10.4. The molecule has 5 heteroatoms. The van der Waals surface area contributed by atoms with Gasteiger partial charge in [0.25, 0.3) is 0 Å². The van der Waals surface area contributed by atoms with Crippen LogP contribution < -0.4 is 5.73 Å². The molecule has 0 aromatic carbocycles. The highest BCUT2D eigenvalue weighted by atomic mass is 16.4. The lowest BCUT2D eigenvalue weighted by Crippen LogP contribution is -2.37. The number of hydrogen-bond acceptors (Lipinski definition) is 4. The lowest BCUT2D eigenvalue weighted by atomic mass is 10.2. The first-order valence-electron chi connectivity index (χ1n) is 6.14. The molecule has 1 heterocycles. The van der Waals surface area contributed by atoms with Crippen molar-refractivity contribution in [3.05, 3.63) is 0 Å². The van der Waals surface area contributed by atoms with E-state index in [0.29, 0.717) is 18.3 Å². The molecule has 3 N–H and O–H groups in total. The van der Waals surface area contributed by atoms with Crippen molar-refractivity contribution in [3.63, 3.8) is 0 Å². The molecule has 1 saturated heterocycles. The molecule has 1 atom stereocenters. The third kappa shape index (κ3) is 3.64. The quantitative estimate of drug-likeness (QED) is 0.301. The number of rotatable bonds is 6. The molecule has 5 nitrogen and oxygen atoms in total. The standard InChI is InChI=1S/C11H24N4O/c1-3-15(4-2)10-5-7-14(9-10)8-6-11(12)13-16/h10,16H,3-9H2,1-2H3,(H2,12,13). The summed E-state index contributed by atoms with van der Waals surface area (Å²) < 4.78 is 0. The average Bonchev–Trinajstić information content (AvgIpc) is 2.76. The van der Waals surface area contributed by atoms with Crippen molar-refractivity contribution in [1.82, 2.24) is 9.80 Å². The van der Waals surface area contributed by atoms with E-state index in [2.05, 4.69) is 28.8 Å². The van der Waals surface area contributed by atoms with E-state index in [1.807, 2.05) is 0 Å². The van der Waals surface area contributed by atoms with Crippen molar-refractivity contribution < 1.29 is 5.21 Å². The Kier molecular flexibility index (Phi) is 5.55. The van der Waals surface area contributed by atoms with E-state index in [1.165, 1.54) is 6.42 Å². The largest absolute Gasteiger partial charge is 0.409 e. The maximum Gasteiger partial charge on any atom is 0.140 e.